The molecule has 0 N–H and O–H groups in total. The molecule has 1 aromatic heterocycles. The maximum absolute atomic E-state index is 14.6. The molecule has 0 spiro atoms. The summed E-state index contributed by atoms with van der Waals surface area (Å²) in [6, 6.07) is 7.88. The first kappa shape index (κ1) is 21.8. The van der Waals surface area contributed by atoms with Gasteiger partial charge in [-0.05, 0) is 36.6 Å². The number of halogens is 2. The average Bonchev–Trinajstić information content (AvgIpc) is 3.55. The minimum Gasteiger partial charge on any atom is -0.490 e. The van der Waals surface area contributed by atoms with Gasteiger partial charge in [-0.1, -0.05) is 6.07 Å². The predicted octanol–water partition coefficient (Wildman–Crippen LogP) is 3.82. The molecule has 0 radical (unpaired) electrons. The number of nitrogens with zero attached hydrogens (tertiary/aromatic N) is 3. The van der Waals surface area contributed by atoms with E-state index in [0.717, 1.165) is 24.0 Å². The van der Waals surface area contributed by atoms with E-state index in [1.165, 1.54) is 23.1 Å². The van der Waals surface area contributed by atoms with Crippen LogP contribution in [0.1, 0.15) is 34.8 Å². The van der Waals surface area contributed by atoms with Crippen molar-refractivity contribution in [3.8, 4) is 22.6 Å². The van der Waals surface area contributed by atoms with Crippen LogP contribution in [0.4, 0.5) is 8.78 Å². The van der Waals surface area contributed by atoms with Gasteiger partial charge in [0.25, 0.3) is 5.91 Å². The summed E-state index contributed by atoms with van der Waals surface area (Å²) in [5, 5.41) is 4.34. The van der Waals surface area contributed by atoms with Gasteiger partial charge in [0, 0.05) is 48.8 Å². The average molecular weight is 479 g/mol. The zero-order chi connectivity index (χ0) is 24.1. The van der Waals surface area contributed by atoms with E-state index < -0.39 is 17.5 Å². The highest BCUT2D eigenvalue weighted by molar-refractivity contribution is 5.96. The molecule has 1 amide bonds. The first-order valence-electron chi connectivity index (χ1n) is 11.7. The number of hydrogen-bond donors (Lipinski definition) is 0. The van der Waals surface area contributed by atoms with Crippen LogP contribution in [0.3, 0.4) is 0 Å². The van der Waals surface area contributed by atoms with Gasteiger partial charge in [-0.3, -0.25) is 14.3 Å². The van der Waals surface area contributed by atoms with Gasteiger partial charge < -0.3 is 14.4 Å². The van der Waals surface area contributed by atoms with Crippen molar-refractivity contribution in [3.05, 3.63) is 65.5 Å². The van der Waals surface area contributed by atoms with Gasteiger partial charge in [-0.25, -0.2) is 8.78 Å². The molecule has 2 fully saturated rings. The van der Waals surface area contributed by atoms with E-state index >= 15 is 0 Å². The Kier molecular flexibility index (Phi) is 5.27. The molecule has 2 aromatic carbocycles. The Morgan fingerprint density at radius 1 is 1.11 bits per heavy atom. The Morgan fingerprint density at radius 3 is 2.71 bits per heavy atom. The van der Waals surface area contributed by atoms with Crippen molar-refractivity contribution in [2.75, 3.05) is 26.3 Å². The first-order chi connectivity index (χ1) is 16.9. The molecular weight excluding hydrogens is 456 g/mol. The van der Waals surface area contributed by atoms with Crippen LogP contribution in [0.25, 0.3) is 11.1 Å². The van der Waals surface area contributed by atoms with E-state index in [-0.39, 0.29) is 42.6 Å². The maximum atomic E-state index is 14.6. The summed E-state index contributed by atoms with van der Waals surface area (Å²) in [7, 11) is 0. The van der Waals surface area contributed by atoms with Gasteiger partial charge in [0.2, 0.25) is 0 Å². The fourth-order valence-electron chi connectivity index (χ4n) is 4.50. The molecule has 9 heteroatoms. The van der Waals surface area contributed by atoms with Crippen LogP contribution in [0, 0.1) is 17.6 Å². The molecule has 2 aliphatic heterocycles. The van der Waals surface area contributed by atoms with Crippen LogP contribution in [0.2, 0.25) is 0 Å². The summed E-state index contributed by atoms with van der Waals surface area (Å²) in [5.41, 5.74) is 2.04. The zero-order valence-corrected chi connectivity index (χ0v) is 18.9. The van der Waals surface area contributed by atoms with Crippen molar-refractivity contribution in [1.29, 1.82) is 0 Å². The second-order valence-corrected chi connectivity index (χ2v) is 9.42. The maximum Gasteiger partial charge on any atom is 0.256 e. The van der Waals surface area contributed by atoms with Gasteiger partial charge in [0.15, 0.2) is 17.3 Å². The summed E-state index contributed by atoms with van der Waals surface area (Å²) in [6.45, 7) is 0.923. The summed E-state index contributed by atoms with van der Waals surface area (Å²) < 4.78 is 41.9. The van der Waals surface area contributed by atoms with Crippen LogP contribution in [-0.2, 0) is 11.2 Å². The number of ether oxygens (including phenoxy) is 2. The molecule has 1 aliphatic carbocycles. The molecule has 3 aromatic rings. The molecule has 1 saturated carbocycles. The molecule has 0 unspecified atom stereocenters. The molecule has 6 rings (SSSR count). The highest BCUT2D eigenvalue weighted by Gasteiger charge is 2.34. The summed E-state index contributed by atoms with van der Waals surface area (Å²) in [6.07, 6.45) is 6.06. The van der Waals surface area contributed by atoms with Crippen LogP contribution in [0.5, 0.6) is 11.5 Å². The quantitative estimate of drug-likeness (QED) is 0.538. The monoisotopic (exact) mass is 479 g/mol. The van der Waals surface area contributed by atoms with Crippen LogP contribution in [0.15, 0.2) is 42.7 Å². The summed E-state index contributed by atoms with van der Waals surface area (Å²) in [4.78, 5) is 25.9. The number of hydrogen-bond acceptors (Lipinski definition) is 5. The van der Waals surface area contributed by atoms with Crippen LogP contribution in [-0.4, -0.2) is 52.7 Å². The zero-order valence-electron chi connectivity index (χ0n) is 18.9. The van der Waals surface area contributed by atoms with Gasteiger partial charge in [0.05, 0.1) is 24.4 Å². The first-order valence-corrected chi connectivity index (χ1v) is 11.7. The molecule has 3 heterocycles. The number of carbonyl (C=O) groups excluding carboxylic acids is 2. The number of aromatic nitrogens is 2. The number of benzene rings is 2. The molecule has 7 nitrogen and oxygen atoms in total. The molecule has 3 aliphatic rings. The minimum absolute atomic E-state index is 0.0143. The second kappa shape index (κ2) is 8.48. The normalized spacial score (nSPS) is 17.5. The lowest BCUT2D eigenvalue weighted by Gasteiger charge is -2.39. The number of ketones is 1. The Balaban J connectivity index is 1.04. The topological polar surface area (TPSA) is 73.7 Å². The van der Waals surface area contributed by atoms with Crippen molar-refractivity contribution >= 4 is 11.7 Å². The highest BCUT2D eigenvalue weighted by Crippen LogP contribution is 2.36. The largest absolute Gasteiger partial charge is 0.490 e. The third-order valence-electron chi connectivity index (χ3n) is 6.66. The van der Waals surface area contributed by atoms with E-state index in [9.17, 15) is 18.4 Å². The SMILES string of the molecule is O=C1COc2cc(F)c(C(=O)N3CC(COc4ccc(-c5cnn(C6CC6)c5)cc4F)C3)cc2C1. The Hall–Kier alpha value is -3.75. The summed E-state index contributed by atoms with van der Waals surface area (Å²) in [5.74, 6) is -1.22. The number of Topliss-reactive ketones (excluding diaryl/α,β-unsaturated/α-hetero) is 1. The van der Waals surface area contributed by atoms with Crippen molar-refractivity contribution in [2.45, 2.75) is 25.3 Å². The van der Waals surface area contributed by atoms with Crippen molar-refractivity contribution in [3.63, 3.8) is 0 Å². The standard InChI is InChI=1S/C26H23F2N3O4/c27-22-8-25-17(5-20(32)14-35-25)6-21(22)26(33)30-10-15(11-30)13-34-24-4-1-16(7-23(24)28)18-9-29-31(12-18)19-2-3-19/h1,4,6-9,12,15,19H,2-3,5,10-11,13-14H2. The van der Waals surface area contributed by atoms with E-state index in [0.29, 0.717) is 30.4 Å². The van der Waals surface area contributed by atoms with Crippen molar-refractivity contribution in [1.82, 2.24) is 14.7 Å². The molecule has 1 saturated heterocycles. The third-order valence-corrected chi connectivity index (χ3v) is 6.66. The molecule has 0 atom stereocenters. The van der Waals surface area contributed by atoms with Gasteiger partial charge in [-0.15, -0.1) is 0 Å². The van der Waals surface area contributed by atoms with E-state index in [1.54, 1.807) is 18.3 Å². The van der Waals surface area contributed by atoms with E-state index in [1.807, 2.05) is 10.9 Å². The lowest BCUT2D eigenvalue weighted by Crippen LogP contribution is -2.52. The third kappa shape index (κ3) is 4.26. The Labute approximate surface area is 200 Å². The predicted molar refractivity (Wildman–Crippen MR) is 121 cm³/mol. The van der Waals surface area contributed by atoms with Crippen LogP contribution >= 0.6 is 0 Å². The lowest BCUT2D eigenvalue weighted by molar-refractivity contribution is -0.121. The fraction of sp³-hybridized carbons (Fsp3) is 0.346. The number of likely N-dealkylation sites (tertiary alicyclic amines) is 1. The fourth-order valence-corrected chi connectivity index (χ4v) is 4.50. The Morgan fingerprint density at radius 2 is 1.94 bits per heavy atom. The number of carbonyl (C=O) groups is 2. The lowest BCUT2D eigenvalue weighted by atomic mass is 9.97. The Bertz CT molecular complexity index is 1330. The second-order valence-electron chi connectivity index (χ2n) is 9.42. The van der Waals surface area contributed by atoms with Gasteiger partial charge in [-0.2, -0.15) is 5.10 Å². The number of rotatable bonds is 6. The molecule has 180 valence electrons. The molecular formula is C26H23F2N3O4. The van der Waals surface area contributed by atoms with E-state index in [4.69, 9.17) is 9.47 Å². The number of amides is 1. The number of fused-ring (bicyclic) bond motifs is 1. The van der Waals surface area contributed by atoms with Crippen molar-refractivity contribution < 1.29 is 27.8 Å². The van der Waals surface area contributed by atoms with E-state index in [2.05, 4.69) is 5.10 Å². The summed E-state index contributed by atoms with van der Waals surface area (Å²) >= 11 is 0. The minimum atomic E-state index is -0.673. The van der Waals surface area contributed by atoms with Crippen LogP contribution < -0.4 is 9.47 Å². The smallest absolute Gasteiger partial charge is 0.256 e. The highest BCUT2D eigenvalue weighted by atomic mass is 19.1. The van der Waals surface area contributed by atoms with Crippen molar-refractivity contribution in [2.24, 2.45) is 5.92 Å². The van der Waals surface area contributed by atoms with Gasteiger partial charge in [0.1, 0.15) is 18.2 Å². The molecule has 35 heavy (non-hydrogen) atoms. The molecule has 0 bridgehead atoms. The van der Waals surface area contributed by atoms with Gasteiger partial charge >= 0.3 is 0 Å².